The van der Waals surface area contributed by atoms with E-state index in [0.717, 1.165) is 0 Å². The van der Waals surface area contributed by atoms with Crippen LogP contribution in [-0.4, -0.2) is 30.6 Å². The largest absolute Gasteiger partial charge is 0.373 e. The summed E-state index contributed by atoms with van der Waals surface area (Å²) in [4.78, 5) is 32.7. The number of rotatable bonds is 7. The average molecular weight is 185 g/mol. The molecule has 4 nitrogen and oxygen atoms in total. The van der Waals surface area contributed by atoms with Gasteiger partial charge in [0.1, 0.15) is 6.61 Å². The summed E-state index contributed by atoms with van der Waals surface area (Å²) in [5.41, 5.74) is 0. The molecule has 0 amide bonds. The summed E-state index contributed by atoms with van der Waals surface area (Å²) in [5, 5.41) is 0. The second-order valence-corrected chi connectivity index (χ2v) is 2.42. The lowest BCUT2D eigenvalue weighted by Gasteiger charge is -1.98. The first-order chi connectivity index (χ1) is 6.13. The van der Waals surface area contributed by atoms with Crippen LogP contribution >= 0.6 is 0 Å². The Kier molecular flexibility index (Phi) is 5.97. The van der Waals surface area contributed by atoms with Gasteiger partial charge in [0.2, 0.25) is 11.6 Å². The van der Waals surface area contributed by atoms with Crippen LogP contribution in [0.3, 0.4) is 0 Å². The van der Waals surface area contributed by atoms with Crippen molar-refractivity contribution < 1.29 is 19.1 Å². The molecule has 0 aromatic carbocycles. The zero-order valence-electron chi connectivity index (χ0n) is 7.67. The van der Waals surface area contributed by atoms with Crippen molar-refractivity contribution in [1.29, 1.82) is 0 Å². The van der Waals surface area contributed by atoms with Gasteiger partial charge in [-0.15, -0.1) is 0 Å². The second kappa shape index (κ2) is 6.48. The van der Waals surface area contributed by atoms with E-state index in [1.54, 1.807) is 6.92 Å². The van der Waals surface area contributed by atoms with E-state index in [0.29, 0.717) is 13.0 Å². The minimum atomic E-state index is -0.975. The van der Waals surface area contributed by atoms with Crippen LogP contribution in [0.5, 0.6) is 0 Å². The molecule has 0 saturated carbocycles. The molecule has 0 heterocycles. The quantitative estimate of drug-likeness (QED) is 0.424. The highest BCUT2D eigenvalue weighted by Crippen LogP contribution is 1.92. The van der Waals surface area contributed by atoms with Gasteiger partial charge in [-0.05, 0) is 13.3 Å². The minimum Gasteiger partial charge on any atom is -0.373 e. The molecule has 0 bridgehead atoms. The van der Waals surface area contributed by atoms with Gasteiger partial charge in [0, 0.05) is 13.0 Å². The van der Waals surface area contributed by atoms with Gasteiger partial charge in [0.25, 0.3) is 5.78 Å². The number of hydrogen-bond acceptors (Lipinski definition) is 4. The molecule has 0 unspecified atom stereocenters. The summed E-state index contributed by atoms with van der Waals surface area (Å²) in [6.45, 7) is 5.16. The van der Waals surface area contributed by atoms with Crippen molar-refractivity contribution in [3.8, 4) is 0 Å². The lowest BCUT2D eigenvalue weighted by molar-refractivity contribution is -0.145. The highest BCUT2D eigenvalue weighted by atomic mass is 16.5. The molecule has 0 fully saturated rings. The molecular weight excluding hydrogens is 172 g/mol. The maximum absolute atomic E-state index is 10.9. The predicted molar refractivity (Wildman–Crippen MR) is 46.1 cm³/mol. The van der Waals surface area contributed by atoms with Crippen LogP contribution in [0.2, 0.25) is 0 Å². The van der Waals surface area contributed by atoms with Crippen molar-refractivity contribution in [1.82, 2.24) is 0 Å². The van der Waals surface area contributed by atoms with E-state index in [-0.39, 0.29) is 13.0 Å². The molecule has 13 heavy (non-hydrogen) atoms. The molecule has 0 aliphatic carbocycles. The van der Waals surface area contributed by atoms with Crippen LogP contribution in [0.1, 0.15) is 19.8 Å². The molecule has 0 rings (SSSR count). The first-order valence-electron chi connectivity index (χ1n) is 4.10. The highest BCUT2D eigenvalue weighted by Gasteiger charge is 2.20. The topological polar surface area (TPSA) is 60.4 Å². The van der Waals surface area contributed by atoms with Crippen molar-refractivity contribution in [3.63, 3.8) is 0 Å². The Bertz CT molecular complexity index is 208. The van der Waals surface area contributed by atoms with E-state index in [1.807, 2.05) is 0 Å². The number of carbonyl (C=O) groups excluding carboxylic acids is 3. The van der Waals surface area contributed by atoms with Gasteiger partial charge in [-0.2, -0.15) is 0 Å². The van der Waals surface area contributed by atoms with Gasteiger partial charge < -0.3 is 4.74 Å². The van der Waals surface area contributed by atoms with Crippen molar-refractivity contribution in [2.75, 3.05) is 13.2 Å². The van der Waals surface area contributed by atoms with Crippen molar-refractivity contribution in [2.45, 2.75) is 19.8 Å². The van der Waals surface area contributed by atoms with E-state index >= 15 is 0 Å². The molecule has 0 N–H and O–H groups in total. The maximum Gasteiger partial charge on any atom is 0.266 e. The zero-order chi connectivity index (χ0) is 10.3. The Labute approximate surface area is 77.3 Å². The van der Waals surface area contributed by atoms with Crippen LogP contribution in [0.4, 0.5) is 0 Å². The van der Waals surface area contributed by atoms with E-state index in [4.69, 9.17) is 4.74 Å². The molecule has 0 aromatic rings. The van der Waals surface area contributed by atoms with E-state index in [2.05, 4.69) is 6.92 Å². The summed E-state index contributed by atoms with van der Waals surface area (Å²) in [6.07, 6.45) is 0.350. The van der Waals surface area contributed by atoms with Gasteiger partial charge in [0.05, 0.1) is 0 Å². The third-order valence-electron chi connectivity index (χ3n) is 1.35. The molecule has 0 spiro atoms. The van der Waals surface area contributed by atoms with Crippen molar-refractivity contribution >= 4 is 17.3 Å². The molecule has 0 saturated heterocycles. The van der Waals surface area contributed by atoms with E-state index in [9.17, 15) is 14.4 Å². The van der Waals surface area contributed by atoms with Crippen LogP contribution in [0.25, 0.3) is 0 Å². The summed E-state index contributed by atoms with van der Waals surface area (Å²) in [5.74, 6) is -2.43. The lowest BCUT2D eigenvalue weighted by atomic mass is 10.1. The second-order valence-electron chi connectivity index (χ2n) is 2.42. The third-order valence-corrected chi connectivity index (χ3v) is 1.35. The first-order valence-corrected chi connectivity index (χ1v) is 4.10. The number of Topliss-reactive ketones (excluding diaryl/α,β-unsaturated/α-hetero) is 3. The Morgan fingerprint density at radius 1 is 1.23 bits per heavy atom. The Balaban J connectivity index is 3.95. The molecule has 0 atom stereocenters. The lowest BCUT2D eigenvalue weighted by Crippen LogP contribution is -2.27. The highest BCUT2D eigenvalue weighted by molar-refractivity contribution is 6.64. The van der Waals surface area contributed by atoms with Crippen molar-refractivity contribution in [3.05, 3.63) is 6.92 Å². The fraction of sp³-hybridized carbons (Fsp3) is 0.556. The Morgan fingerprint density at radius 3 is 2.31 bits per heavy atom. The summed E-state index contributed by atoms with van der Waals surface area (Å²) < 4.78 is 4.71. The van der Waals surface area contributed by atoms with Crippen molar-refractivity contribution in [2.24, 2.45) is 0 Å². The van der Waals surface area contributed by atoms with E-state index < -0.39 is 17.3 Å². The summed E-state index contributed by atoms with van der Waals surface area (Å²) in [7, 11) is 0. The van der Waals surface area contributed by atoms with Crippen LogP contribution in [0, 0.1) is 6.92 Å². The van der Waals surface area contributed by atoms with E-state index in [1.165, 1.54) is 0 Å². The number of carbonyl (C=O) groups is 3. The normalized spacial score (nSPS) is 9.69. The van der Waals surface area contributed by atoms with Gasteiger partial charge in [-0.3, -0.25) is 14.4 Å². The van der Waals surface area contributed by atoms with Crippen LogP contribution < -0.4 is 0 Å². The molecule has 0 aliphatic heterocycles. The fourth-order valence-corrected chi connectivity index (χ4v) is 0.690. The molecule has 73 valence electrons. The Hall–Kier alpha value is -1.03. The number of hydrogen-bond donors (Lipinski definition) is 0. The molecule has 1 radical (unpaired) electrons. The summed E-state index contributed by atoms with van der Waals surface area (Å²) >= 11 is 0. The third kappa shape index (κ3) is 4.52. The molecule has 0 aliphatic rings. The first kappa shape index (κ1) is 12.0. The van der Waals surface area contributed by atoms with Gasteiger partial charge in [-0.1, -0.05) is 6.92 Å². The zero-order valence-corrected chi connectivity index (χ0v) is 7.67. The van der Waals surface area contributed by atoms with Gasteiger partial charge in [0.15, 0.2) is 0 Å². The monoisotopic (exact) mass is 185 g/mol. The smallest absolute Gasteiger partial charge is 0.266 e. The minimum absolute atomic E-state index is 0.0245. The average Bonchev–Trinajstić information content (AvgIpc) is 2.13. The SMILES string of the molecule is [CH2]CCC(=O)C(=O)C(=O)COCC. The maximum atomic E-state index is 10.9. The van der Waals surface area contributed by atoms with Gasteiger partial charge in [-0.25, -0.2) is 0 Å². The van der Waals surface area contributed by atoms with Crippen LogP contribution in [-0.2, 0) is 19.1 Å². The predicted octanol–water partition coefficient (Wildman–Crippen LogP) is 0.344. The molecule has 0 aromatic heterocycles. The summed E-state index contributed by atoms with van der Waals surface area (Å²) in [6, 6.07) is 0. The molecule has 4 heteroatoms. The van der Waals surface area contributed by atoms with Crippen LogP contribution in [0.15, 0.2) is 0 Å². The number of ketones is 3. The Morgan fingerprint density at radius 2 is 1.85 bits per heavy atom. The fourth-order valence-electron chi connectivity index (χ4n) is 0.690. The van der Waals surface area contributed by atoms with Gasteiger partial charge >= 0.3 is 0 Å². The molecular formula is C9H13O4. The number of ether oxygens (including phenoxy) is 1. The standard InChI is InChI=1S/C9H13O4/c1-3-5-7(10)9(12)8(11)6-13-4-2/h1,3-6H2,2H3.